The highest BCUT2D eigenvalue weighted by molar-refractivity contribution is 9.10. The number of aryl methyl sites for hydroxylation is 1. The van der Waals surface area contributed by atoms with Crippen LogP contribution in [0.3, 0.4) is 0 Å². The molecule has 0 aliphatic carbocycles. The van der Waals surface area contributed by atoms with E-state index in [9.17, 15) is 9.90 Å². The average molecular weight is 372 g/mol. The van der Waals surface area contributed by atoms with Crippen LogP contribution in [-0.4, -0.2) is 15.6 Å². The molecule has 0 aliphatic rings. The third-order valence-corrected chi connectivity index (χ3v) is 4.04. The molecule has 0 aliphatic heterocycles. The number of azo groups is 1. The summed E-state index contributed by atoms with van der Waals surface area (Å²) in [6.45, 7) is 2.53. The Morgan fingerprint density at radius 3 is 2.74 bits per heavy atom. The fourth-order valence-corrected chi connectivity index (χ4v) is 2.86. The molecule has 0 radical (unpaired) electrons. The van der Waals surface area contributed by atoms with E-state index in [0.717, 1.165) is 15.4 Å². The first kappa shape index (κ1) is 15.4. The monoisotopic (exact) mass is 371 g/mol. The zero-order valence-corrected chi connectivity index (χ0v) is 14.0. The van der Waals surface area contributed by atoms with Gasteiger partial charge in [0, 0.05) is 22.0 Å². The second-order valence-electron chi connectivity index (χ2n) is 4.95. The predicted octanol–water partition coefficient (Wildman–Crippen LogP) is 5.05. The normalized spacial score (nSPS) is 11.4. The molecule has 2 aromatic carbocycles. The van der Waals surface area contributed by atoms with Crippen LogP contribution in [-0.2, 0) is 6.54 Å². The number of benzene rings is 2. The topological polar surface area (TPSA) is 66.9 Å². The van der Waals surface area contributed by atoms with E-state index in [2.05, 4.69) is 26.2 Å². The van der Waals surface area contributed by atoms with Gasteiger partial charge in [0.15, 0.2) is 5.69 Å². The number of aromatic nitrogens is 1. The van der Waals surface area contributed by atoms with Crippen LogP contribution < -0.4 is 0 Å². The summed E-state index contributed by atoms with van der Waals surface area (Å²) in [5.74, 6) is -0.446. The van der Waals surface area contributed by atoms with E-state index < -0.39 is 5.91 Å². The predicted molar refractivity (Wildman–Crippen MR) is 92.3 cm³/mol. The summed E-state index contributed by atoms with van der Waals surface area (Å²) in [7, 11) is 0. The smallest absolute Gasteiger partial charge is 0.295 e. The van der Waals surface area contributed by atoms with Gasteiger partial charge in [0.25, 0.3) is 5.91 Å². The number of hydrogen-bond donors (Lipinski definition) is 1. The standard InChI is InChI=1S/C17H14BrN3O2/c1-2-21-14-9-4-3-8-13(14)15(17(21)23)19-20-16(22)11-6-5-7-12(18)10-11/h3-10,23H,2H2,1H3. The Balaban J connectivity index is 2.01. The Morgan fingerprint density at radius 2 is 2.00 bits per heavy atom. The first-order valence-electron chi connectivity index (χ1n) is 7.13. The number of carbonyl (C=O) groups is 1. The van der Waals surface area contributed by atoms with Gasteiger partial charge in [-0.05, 0) is 31.2 Å². The van der Waals surface area contributed by atoms with Gasteiger partial charge in [-0.2, -0.15) is 0 Å². The number of aromatic hydroxyl groups is 1. The average Bonchev–Trinajstić information content (AvgIpc) is 2.83. The number of carbonyl (C=O) groups excluding carboxylic acids is 1. The molecular weight excluding hydrogens is 358 g/mol. The molecular formula is C17H14BrN3O2. The number of nitrogens with zero attached hydrogens (tertiary/aromatic N) is 3. The Bertz CT molecular complexity index is 915. The van der Waals surface area contributed by atoms with Gasteiger partial charge in [-0.3, -0.25) is 4.79 Å². The minimum Gasteiger partial charge on any atom is -0.493 e. The maximum atomic E-state index is 12.1. The van der Waals surface area contributed by atoms with E-state index in [1.54, 1.807) is 22.8 Å². The lowest BCUT2D eigenvalue weighted by molar-refractivity contribution is 0.0995. The number of hydrogen-bond acceptors (Lipinski definition) is 3. The minimum absolute atomic E-state index is 0.0134. The molecule has 1 N–H and O–H groups in total. The molecule has 3 aromatic rings. The van der Waals surface area contributed by atoms with Gasteiger partial charge in [0.05, 0.1) is 5.52 Å². The van der Waals surface area contributed by atoms with Crippen molar-refractivity contribution in [1.82, 2.24) is 4.57 Å². The zero-order valence-electron chi connectivity index (χ0n) is 12.4. The third kappa shape index (κ3) is 2.90. The number of rotatable bonds is 3. The number of para-hydroxylation sites is 1. The van der Waals surface area contributed by atoms with E-state index in [1.165, 1.54) is 0 Å². The van der Waals surface area contributed by atoms with Crippen molar-refractivity contribution in [2.75, 3.05) is 0 Å². The molecule has 0 saturated heterocycles. The quantitative estimate of drug-likeness (QED) is 0.654. The Morgan fingerprint density at radius 1 is 1.22 bits per heavy atom. The second kappa shape index (κ2) is 6.34. The fourth-order valence-electron chi connectivity index (χ4n) is 2.46. The molecule has 23 heavy (non-hydrogen) atoms. The summed E-state index contributed by atoms with van der Waals surface area (Å²) in [4.78, 5) is 12.1. The molecule has 5 nitrogen and oxygen atoms in total. The lowest BCUT2D eigenvalue weighted by atomic mass is 10.2. The Hall–Kier alpha value is -2.47. The number of fused-ring (bicyclic) bond motifs is 1. The highest BCUT2D eigenvalue weighted by Gasteiger charge is 2.15. The van der Waals surface area contributed by atoms with Crippen LogP contribution in [0.2, 0.25) is 0 Å². The largest absolute Gasteiger partial charge is 0.493 e. The van der Waals surface area contributed by atoms with Crippen molar-refractivity contribution in [3.05, 3.63) is 58.6 Å². The summed E-state index contributed by atoms with van der Waals surface area (Å²) < 4.78 is 2.52. The lowest BCUT2D eigenvalue weighted by Gasteiger charge is -2.00. The van der Waals surface area contributed by atoms with Gasteiger partial charge in [-0.1, -0.05) is 40.2 Å². The Kier molecular flexibility index (Phi) is 4.25. The maximum absolute atomic E-state index is 12.1. The van der Waals surface area contributed by atoms with Gasteiger partial charge in [0.2, 0.25) is 5.88 Å². The molecule has 0 unspecified atom stereocenters. The maximum Gasteiger partial charge on any atom is 0.295 e. The number of amides is 1. The summed E-state index contributed by atoms with van der Waals surface area (Å²) >= 11 is 3.32. The molecule has 1 amide bonds. The SMILES string of the molecule is CCn1c(O)c(N=NC(=O)c2cccc(Br)c2)c2ccccc21. The van der Waals surface area contributed by atoms with Crippen LogP contribution in [0.4, 0.5) is 5.69 Å². The van der Waals surface area contributed by atoms with Gasteiger partial charge in [-0.25, -0.2) is 0 Å². The van der Waals surface area contributed by atoms with Crippen molar-refractivity contribution < 1.29 is 9.90 Å². The molecule has 0 atom stereocenters. The van der Waals surface area contributed by atoms with Crippen molar-refractivity contribution in [2.45, 2.75) is 13.5 Å². The van der Waals surface area contributed by atoms with Gasteiger partial charge >= 0.3 is 0 Å². The third-order valence-electron chi connectivity index (χ3n) is 3.55. The van der Waals surface area contributed by atoms with E-state index in [1.807, 2.05) is 37.3 Å². The molecule has 116 valence electrons. The molecule has 3 rings (SSSR count). The second-order valence-corrected chi connectivity index (χ2v) is 5.86. The van der Waals surface area contributed by atoms with Crippen molar-refractivity contribution in [3.63, 3.8) is 0 Å². The molecule has 1 aromatic heterocycles. The fraction of sp³-hybridized carbons (Fsp3) is 0.118. The van der Waals surface area contributed by atoms with E-state index >= 15 is 0 Å². The van der Waals surface area contributed by atoms with E-state index in [0.29, 0.717) is 17.8 Å². The summed E-state index contributed by atoms with van der Waals surface area (Å²) in [5, 5.41) is 18.8. The van der Waals surface area contributed by atoms with Crippen LogP contribution in [0.5, 0.6) is 5.88 Å². The summed E-state index contributed by atoms with van der Waals surface area (Å²) in [6, 6.07) is 14.4. The van der Waals surface area contributed by atoms with Crippen LogP contribution in [0, 0.1) is 0 Å². The van der Waals surface area contributed by atoms with Crippen LogP contribution in [0.15, 0.2) is 63.2 Å². The van der Waals surface area contributed by atoms with Crippen LogP contribution in [0.25, 0.3) is 10.9 Å². The first-order valence-corrected chi connectivity index (χ1v) is 7.93. The van der Waals surface area contributed by atoms with Crippen molar-refractivity contribution in [1.29, 1.82) is 0 Å². The molecule has 1 heterocycles. The lowest BCUT2D eigenvalue weighted by Crippen LogP contribution is -1.93. The van der Waals surface area contributed by atoms with Crippen molar-refractivity contribution >= 4 is 38.4 Å². The molecule has 0 saturated carbocycles. The van der Waals surface area contributed by atoms with Crippen LogP contribution in [0.1, 0.15) is 17.3 Å². The van der Waals surface area contributed by atoms with Gasteiger partial charge in [-0.15, -0.1) is 10.2 Å². The van der Waals surface area contributed by atoms with E-state index in [4.69, 9.17) is 0 Å². The zero-order chi connectivity index (χ0) is 16.4. The summed E-state index contributed by atoms with van der Waals surface area (Å²) in [5.41, 5.74) is 1.60. The van der Waals surface area contributed by atoms with Crippen LogP contribution >= 0.6 is 15.9 Å². The minimum atomic E-state index is -0.459. The highest BCUT2D eigenvalue weighted by atomic mass is 79.9. The summed E-state index contributed by atoms with van der Waals surface area (Å²) in [6.07, 6.45) is 0. The van der Waals surface area contributed by atoms with E-state index in [-0.39, 0.29) is 5.88 Å². The highest BCUT2D eigenvalue weighted by Crippen LogP contribution is 2.38. The number of halogens is 1. The Labute approximate surface area is 141 Å². The molecule has 0 bridgehead atoms. The van der Waals surface area contributed by atoms with Crippen molar-refractivity contribution in [2.24, 2.45) is 10.2 Å². The van der Waals surface area contributed by atoms with Gasteiger partial charge in [0.1, 0.15) is 0 Å². The van der Waals surface area contributed by atoms with Gasteiger partial charge < -0.3 is 9.67 Å². The first-order chi connectivity index (χ1) is 11.1. The molecule has 0 fully saturated rings. The molecule has 0 spiro atoms. The molecule has 6 heteroatoms. The van der Waals surface area contributed by atoms with Crippen molar-refractivity contribution in [3.8, 4) is 5.88 Å².